The van der Waals surface area contributed by atoms with Crippen LogP contribution in [0, 0.1) is 22.7 Å². The van der Waals surface area contributed by atoms with Crippen molar-refractivity contribution in [1.82, 2.24) is 9.13 Å². The molecule has 0 aliphatic carbocycles. The SMILES string of the molecule is N#Cc1ccc2c3ccc(C#N)cc3n(-c3ccc(-c4cc5c6ccccc6n(-c6ccccc6)c5c5ccccc45)cc3)c2c1. The molecule has 0 aliphatic rings. The van der Waals surface area contributed by atoms with Crippen molar-refractivity contribution in [3.05, 3.63) is 157 Å². The van der Waals surface area contributed by atoms with E-state index >= 15 is 0 Å². The predicted molar refractivity (Wildman–Crippen MR) is 187 cm³/mol. The first-order valence-electron chi connectivity index (χ1n) is 15.2. The zero-order valence-electron chi connectivity index (χ0n) is 24.6. The molecule has 9 aromatic rings. The maximum atomic E-state index is 9.67. The van der Waals surface area contributed by atoms with Crippen LogP contribution >= 0.6 is 0 Å². The summed E-state index contributed by atoms with van der Waals surface area (Å²) in [5.41, 5.74) is 9.87. The van der Waals surface area contributed by atoms with Gasteiger partial charge in [0.15, 0.2) is 0 Å². The van der Waals surface area contributed by atoms with E-state index in [4.69, 9.17) is 0 Å². The molecule has 9 rings (SSSR count). The van der Waals surface area contributed by atoms with Crippen LogP contribution in [-0.2, 0) is 0 Å². The van der Waals surface area contributed by atoms with E-state index < -0.39 is 0 Å². The van der Waals surface area contributed by atoms with Crippen LogP contribution < -0.4 is 0 Å². The summed E-state index contributed by atoms with van der Waals surface area (Å²) < 4.78 is 4.54. The maximum absolute atomic E-state index is 9.67. The number of fused-ring (bicyclic) bond motifs is 8. The Morgan fingerprint density at radius 2 is 0.935 bits per heavy atom. The van der Waals surface area contributed by atoms with Gasteiger partial charge in [-0.15, -0.1) is 0 Å². The fourth-order valence-corrected chi connectivity index (χ4v) is 7.13. The number of hydrogen-bond acceptors (Lipinski definition) is 2. The molecule has 46 heavy (non-hydrogen) atoms. The Kier molecular flexibility index (Phi) is 5.59. The number of hydrogen-bond donors (Lipinski definition) is 0. The monoisotopic (exact) mass is 584 g/mol. The standard InChI is InChI=1S/C42H24N4/c43-25-27-14-20-34-35-21-15-28(26-44)23-41(35)45(40(34)22-27)31-18-16-29(17-19-31)37-24-38-33-11-6-7-13-39(33)46(30-8-2-1-3-9-30)42(38)36-12-5-4-10-32(36)37/h1-24H. The lowest BCUT2D eigenvalue weighted by atomic mass is 9.95. The van der Waals surface area contributed by atoms with E-state index in [1.165, 1.54) is 38.1 Å². The second-order valence-corrected chi connectivity index (χ2v) is 11.6. The molecule has 0 N–H and O–H groups in total. The quantitative estimate of drug-likeness (QED) is 0.207. The first-order chi connectivity index (χ1) is 22.7. The van der Waals surface area contributed by atoms with Gasteiger partial charge in [-0.1, -0.05) is 84.9 Å². The average molecular weight is 585 g/mol. The predicted octanol–water partition coefficient (Wildman–Crippen LogP) is 10.4. The molecule has 212 valence electrons. The zero-order valence-corrected chi connectivity index (χ0v) is 24.6. The van der Waals surface area contributed by atoms with E-state index in [-0.39, 0.29) is 0 Å². The topological polar surface area (TPSA) is 57.4 Å². The van der Waals surface area contributed by atoms with Crippen LogP contribution in [-0.4, -0.2) is 9.13 Å². The summed E-state index contributed by atoms with van der Waals surface area (Å²) in [5, 5.41) is 26.3. The number of nitrogens with zero attached hydrogens (tertiary/aromatic N) is 4. The molecule has 4 nitrogen and oxygen atoms in total. The Balaban J connectivity index is 1.29. The molecule has 0 aliphatic heterocycles. The Morgan fingerprint density at radius 3 is 1.59 bits per heavy atom. The van der Waals surface area contributed by atoms with Crippen molar-refractivity contribution in [2.45, 2.75) is 0 Å². The zero-order chi connectivity index (χ0) is 30.8. The first kappa shape index (κ1) is 25.8. The van der Waals surface area contributed by atoms with Gasteiger partial charge in [0, 0.05) is 38.3 Å². The summed E-state index contributed by atoms with van der Waals surface area (Å²) in [6.07, 6.45) is 0. The minimum absolute atomic E-state index is 0.600. The fourth-order valence-electron chi connectivity index (χ4n) is 7.13. The highest BCUT2D eigenvalue weighted by Gasteiger charge is 2.18. The van der Waals surface area contributed by atoms with Crippen molar-refractivity contribution in [3.63, 3.8) is 0 Å². The normalized spacial score (nSPS) is 11.4. The third-order valence-corrected chi connectivity index (χ3v) is 9.15. The summed E-state index contributed by atoms with van der Waals surface area (Å²) in [5.74, 6) is 0. The molecule has 0 radical (unpaired) electrons. The van der Waals surface area contributed by atoms with Gasteiger partial charge in [0.1, 0.15) is 0 Å². The van der Waals surface area contributed by atoms with Gasteiger partial charge in [-0.25, -0.2) is 0 Å². The van der Waals surface area contributed by atoms with E-state index in [0.29, 0.717) is 11.1 Å². The second kappa shape index (κ2) is 9.96. The molecule has 0 saturated heterocycles. The summed E-state index contributed by atoms with van der Waals surface area (Å²) in [4.78, 5) is 0. The third-order valence-electron chi connectivity index (χ3n) is 9.15. The molecular formula is C42H24N4. The molecule has 0 fully saturated rings. The van der Waals surface area contributed by atoms with Crippen LogP contribution in [0.3, 0.4) is 0 Å². The van der Waals surface area contributed by atoms with E-state index in [0.717, 1.165) is 38.7 Å². The number of aromatic nitrogens is 2. The molecule has 0 spiro atoms. The van der Waals surface area contributed by atoms with Crippen molar-refractivity contribution in [3.8, 4) is 34.6 Å². The lowest BCUT2D eigenvalue weighted by molar-refractivity contribution is 1.18. The molecule has 2 heterocycles. The van der Waals surface area contributed by atoms with Crippen molar-refractivity contribution in [2.75, 3.05) is 0 Å². The molecule has 2 aromatic heterocycles. The van der Waals surface area contributed by atoms with E-state index in [1.807, 2.05) is 36.4 Å². The molecule has 0 saturated carbocycles. The van der Waals surface area contributed by atoms with Gasteiger partial charge < -0.3 is 9.13 Å². The lowest BCUT2D eigenvalue weighted by Crippen LogP contribution is -1.95. The van der Waals surface area contributed by atoms with E-state index in [1.54, 1.807) is 0 Å². The Morgan fingerprint density at radius 1 is 0.391 bits per heavy atom. The molecule has 7 aromatic carbocycles. The maximum Gasteiger partial charge on any atom is 0.0992 e. The Labute approximate surface area is 264 Å². The summed E-state index contributed by atoms with van der Waals surface area (Å²) in [6.45, 7) is 0. The van der Waals surface area contributed by atoms with Gasteiger partial charge in [0.25, 0.3) is 0 Å². The molecule has 0 bridgehead atoms. The highest BCUT2D eigenvalue weighted by atomic mass is 15.0. The van der Waals surface area contributed by atoms with E-state index in [2.05, 4.69) is 130 Å². The molecule has 0 unspecified atom stereocenters. The summed E-state index contributed by atoms with van der Waals surface area (Å²) in [6, 6.07) is 55.0. The van der Waals surface area contributed by atoms with Gasteiger partial charge in [-0.2, -0.15) is 10.5 Å². The van der Waals surface area contributed by atoms with Crippen LogP contribution in [0.4, 0.5) is 0 Å². The highest BCUT2D eigenvalue weighted by molar-refractivity contribution is 6.22. The average Bonchev–Trinajstić information content (AvgIpc) is 3.63. The van der Waals surface area contributed by atoms with Crippen molar-refractivity contribution >= 4 is 54.4 Å². The third kappa shape index (κ3) is 3.72. The minimum Gasteiger partial charge on any atom is -0.309 e. The molecule has 4 heteroatoms. The summed E-state index contributed by atoms with van der Waals surface area (Å²) >= 11 is 0. The van der Waals surface area contributed by atoms with Crippen LogP contribution in [0.2, 0.25) is 0 Å². The van der Waals surface area contributed by atoms with Gasteiger partial charge in [0.05, 0.1) is 45.3 Å². The van der Waals surface area contributed by atoms with Gasteiger partial charge in [-0.3, -0.25) is 0 Å². The largest absolute Gasteiger partial charge is 0.309 e. The van der Waals surface area contributed by atoms with E-state index in [9.17, 15) is 10.5 Å². The molecular weight excluding hydrogens is 560 g/mol. The van der Waals surface area contributed by atoms with Crippen molar-refractivity contribution in [1.29, 1.82) is 10.5 Å². The van der Waals surface area contributed by atoms with Gasteiger partial charge in [-0.05, 0) is 77.2 Å². The number of nitriles is 2. The van der Waals surface area contributed by atoms with Crippen LogP contribution in [0.1, 0.15) is 11.1 Å². The smallest absolute Gasteiger partial charge is 0.0992 e. The number of rotatable bonds is 3. The van der Waals surface area contributed by atoms with Crippen molar-refractivity contribution < 1.29 is 0 Å². The van der Waals surface area contributed by atoms with Crippen LogP contribution in [0.5, 0.6) is 0 Å². The van der Waals surface area contributed by atoms with Gasteiger partial charge in [0.2, 0.25) is 0 Å². The number of para-hydroxylation sites is 2. The fraction of sp³-hybridized carbons (Fsp3) is 0. The van der Waals surface area contributed by atoms with Crippen molar-refractivity contribution in [2.24, 2.45) is 0 Å². The number of benzene rings is 7. The lowest BCUT2D eigenvalue weighted by Gasteiger charge is -2.14. The highest BCUT2D eigenvalue weighted by Crippen LogP contribution is 2.41. The Bertz CT molecular complexity index is 2680. The van der Waals surface area contributed by atoms with Crippen LogP contribution in [0.15, 0.2) is 146 Å². The molecule has 0 amide bonds. The summed E-state index contributed by atoms with van der Waals surface area (Å²) in [7, 11) is 0. The van der Waals surface area contributed by atoms with Crippen LogP contribution in [0.25, 0.3) is 76.9 Å². The Hall–Kier alpha value is -6.62. The second-order valence-electron chi connectivity index (χ2n) is 11.6. The van der Waals surface area contributed by atoms with Gasteiger partial charge >= 0.3 is 0 Å². The minimum atomic E-state index is 0.600. The molecule has 0 atom stereocenters. The first-order valence-corrected chi connectivity index (χ1v) is 15.2.